The topological polar surface area (TPSA) is 53.4 Å². The average Bonchev–Trinajstić information content (AvgIpc) is 3.37. The Balaban J connectivity index is 1.52. The highest BCUT2D eigenvalue weighted by atomic mass is 32.1. The summed E-state index contributed by atoms with van der Waals surface area (Å²) in [5, 5.41) is 1.92. The molecule has 5 nitrogen and oxygen atoms in total. The van der Waals surface area contributed by atoms with E-state index in [0.29, 0.717) is 35.0 Å². The first-order valence-corrected chi connectivity index (χ1v) is 11.9. The number of thiophene rings is 1. The summed E-state index contributed by atoms with van der Waals surface area (Å²) in [5.41, 5.74) is 4.97. The van der Waals surface area contributed by atoms with E-state index in [-0.39, 0.29) is 5.56 Å². The number of nitrogens with zero attached hydrogens (tertiary/aromatic N) is 2. The van der Waals surface area contributed by atoms with E-state index in [0.717, 1.165) is 27.8 Å². The molecule has 5 aromatic rings. The van der Waals surface area contributed by atoms with Gasteiger partial charge in [0, 0.05) is 12.1 Å². The number of rotatable bonds is 7. The number of aryl methyl sites for hydroxylation is 1. The number of ether oxygens (including phenoxy) is 2. The quantitative estimate of drug-likeness (QED) is 0.292. The lowest BCUT2D eigenvalue weighted by molar-refractivity contribution is 0.354. The van der Waals surface area contributed by atoms with Crippen LogP contribution >= 0.6 is 11.3 Å². The summed E-state index contributed by atoms with van der Waals surface area (Å²) >= 11 is 1.43. The molecule has 0 saturated carbocycles. The molecule has 34 heavy (non-hydrogen) atoms. The van der Waals surface area contributed by atoms with E-state index >= 15 is 0 Å². The van der Waals surface area contributed by atoms with Crippen LogP contribution in [0.5, 0.6) is 11.5 Å². The molecule has 0 N–H and O–H groups in total. The van der Waals surface area contributed by atoms with Gasteiger partial charge in [-0.05, 0) is 46.7 Å². The molecule has 0 fully saturated rings. The van der Waals surface area contributed by atoms with Crippen molar-refractivity contribution in [1.82, 2.24) is 9.55 Å². The summed E-state index contributed by atoms with van der Waals surface area (Å²) in [4.78, 5) is 18.3. The SMILES string of the molecule is COc1ccc(CCn2c(-c3ccc(-c4ccccc4)cc3)nc3ccsc3c2=O)cc1OC. The van der Waals surface area contributed by atoms with Gasteiger partial charge in [0.05, 0.1) is 19.7 Å². The highest BCUT2D eigenvalue weighted by Gasteiger charge is 2.15. The maximum absolute atomic E-state index is 13.4. The molecule has 5 rings (SSSR count). The normalized spacial score (nSPS) is 11.0. The number of methoxy groups -OCH3 is 2. The Morgan fingerprint density at radius 3 is 2.26 bits per heavy atom. The Morgan fingerprint density at radius 2 is 1.53 bits per heavy atom. The largest absolute Gasteiger partial charge is 0.493 e. The summed E-state index contributed by atoms with van der Waals surface area (Å²) in [5.74, 6) is 2.04. The second kappa shape index (κ2) is 9.53. The monoisotopic (exact) mass is 468 g/mol. The highest BCUT2D eigenvalue weighted by molar-refractivity contribution is 7.17. The van der Waals surface area contributed by atoms with Crippen molar-refractivity contribution < 1.29 is 9.47 Å². The smallest absolute Gasteiger partial charge is 0.271 e. The van der Waals surface area contributed by atoms with E-state index in [1.165, 1.54) is 11.3 Å². The lowest BCUT2D eigenvalue weighted by Crippen LogP contribution is -2.23. The fraction of sp³-hybridized carbons (Fsp3) is 0.143. The number of hydrogen-bond acceptors (Lipinski definition) is 5. The van der Waals surface area contributed by atoms with Crippen LogP contribution in [-0.4, -0.2) is 23.8 Å². The van der Waals surface area contributed by atoms with Crippen LogP contribution in [0.4, 0.5) is 0 Å². The Labute approximate surface area is 201 Å². The second-order valence-corrected chi connectivity index (χ2v) is 8.83. The minimum atomic E-state index is -0.0115. The number of fused-ring (bicyclic) bond motifs is 1. The maximum atomic E-state index is 13.4. The van der Waals surface area contributed by atoms with Gasteiger partial charge in [0.15, 0.2) is 11.5 Å². The Hall–Kier alpha value is -3.90. The predicted octanol–water partition coefficient (Wildman–Crippen LogP) is 6.05. The standard InChI is InChI=1S/C28H24N2O3S/c1-32-24-13-8-19(18-25(24)33-2)14-16-30-27(29-23-15-17-34-26(23)28(30)31)22-11-9-21(10-12-22)20-6-4-3-5-7-20/h3-13,15,17-18H,14,16H2,1-2H3. The van der Waals surface area contributed by atoms with Crippen LogP contribution in [0.25, 0.3) is 32.7 Å². The van der Waals surface area contributed by atoms with Gasteiger partial charge in [-0.1, -0.05) is 60.7 Å². The molecular formula is C28H24N2O3S. The first-order chi connectivity index (χ1) is 16.7. The summed E-state index contributed by atoms with van der Waals surface area (Å²) in [6.45, 7) is 0.505. The zero-order valence-electron chi connectivity index (χ0n) is 19.0. The van der Waals surface area contributed by atoms with Crippen LogP contribution in [0.1, 0.15) is 5.56 Å². The zero-order valence-corrected chi connectivity index (χ0v) is 19.8. The summed E-state index contributed by atoms with van der Waals surface area (Å²) in [7, 11) is 3.24. The molecule has 0 aliphatic rings. The molecule has 0 bridgehead atoms. The van der Waals surface area contributed by atoms with E-state index in [1.54, 1.807) is 18.8 Å². The van der Waals surface area contributed by atoms with E-state index in [9.17, 15) is 4.79 Å². The molecule has 170 valence electrons. The third-order valence-electron chi connectivity index (χ3n) is 5.89. The summed E-state index contributed by atoms with van der Waals surface area (Å²) < 4.78 is 13.2. The lowest BCUT2D eigenvalue weighted by Gasteiger charge is -2.14. The van der Waals surface area contributed by atoms with Crippen molar-refractivity contribution in [3.8, 4) is 34.0 Å². The van der Waals surface area contributed by atoms with Crippen molar-refractivity contribution in [2.24, 2.45) is 0 Å². The maximum Gasteiger partial charge on any atom is 0.271 e. The molecule has 0 radical (unpaired) electrons. The number of hydrogen-bond donors (Lipinski definition) is 0. The van der Waals surface area contributed by atoms with Gasteiger partial charge in [0.1, 0.15) is 10.5 Å². The number of aromatic nitrogens is 2. The molecule has 6 heteroatoms. The third kappa shape index (κ3) is 4.20. The van der Waals surface area contributed by atoms with Crippen molar-refractivity contribution >= 4 is 21.6 Å². The fourth-order valence-corrected chi connectivity index (χ4v) is 4.87. The predicted molar refractivity (Wildman–Crippen MR) is 138 cm³/mol. The summed E-state index contributed by atoms with van der Waals surface area (Å²) in [6.07, 6.45) is 0.661. The van der Waals surface area contributed by atoms with Gasteiger partial charge in [0.25, 0.3) is 5.56 Å². The second-order valence-electron chi connectivity index (χ2n) is 7.91. The Bertz CT molecular complexity index is 1490. The molecule has 0 aliphatic heterocycles. The lowest BCUT2D eigenvalue weighted by atomic mass is 10.0. The van der Waals surface area contributed by atoms with E-state index < -0.39 is 0 Å². The highest BCUT2D eigenvalue weighted by Crippen LogP contribution is 2.29. The molecule has 3 aromatic carbocycles. The van der Waals surface area contributed by atoms with Crippen molar-refractivity contribution in [1.29, 1.82) is 0 Å². The van der Waals surface area contributed by atoms with Crippen molar-refractivity contribution in [3.63, 3.8) is 0 Å². The summed E-state index contributed by atoms with van der Waals surface area (Å²) in [6, 6.07) is 26.2. The van der Waals surface area contributed by atoms with Crippen LogP contribution < -0.4 is 15.0 Å². The molecule has 0 atom stereocenters. The van der Waals surface area contributed by atoms with Gasteiger partial charge < -0.3 is 9.47 Å². The van der Waals surface area contributed by atoms with E-state index in [4.69, 9.17) is 14.5 Å². The van der Waals surface area contributed by atoms with Crippen molar-refractivity contribution in [2.75, 3.05) is 14.2 Å². The molecular weight excluding hydrogens is 444 g/mol. The Kier molecular flexibility index (Phi) is 6.14. The first kappa shape index (κ1) is 21.9. The Morgan fingerprint density at radius 1 is 0.824 bits per heavy atom. The molecule has 0 amide bonds. The minimum absolute atomic E-state index is 0.0115. The molecule has 0 saturated heterocycles. The molecule has 2 aromatic heterocycles. The third-order valence-corrected chi connectivity index (χ3v) is 6.78. The van der Waals surface area contributed by atoms with E-state index in [1.807, 2.05) is 60.0 Å². The van der Waals surface area contributed by atoms with Gasteiger partial charge in [-0.2, -0.15) is 0 Å². The van der Waals surface area contributed by atoms with Crippen LogP contribution in [-0.2, 0) is 13.0 Å². The van der Waals surface area contributed by atoms with Crippen LogP contribution in [0.3, 0.4) is 0 Å². The minimum Gasteiger partial charge on any atom is -0.493 e. The van der Waals surface area contributed by atoms with Crippen molar-refractivity contribution in [3.05, 3.63) is 100 Å². The number of benzene rings is 3. The van der Waals surface area contributed by atoms with Gasteiger partial charge in [-0.25, -0.2) is 4.98 Å². The molecule has 0 aliphatic carbocycles. The zero-order chi connectivity index (χ0) is 23.5. The average molecular weight is 469 g/mol. The molecule has 0 spiro atoms. The van der Waals surface area contributed by atoms with Crippen LogP contribution in [0.15, 0.2) is 89.0 Å². The molecule has 0 unspecified atom stereocenters. The van der Waals surface area contributed by atoms with Gasteiger partial charge in [-0.3, -0.25) is 9.36 Å². The molecule has 2 heterocycles. The van der Waals surface area contributed by atoms with Gasteiger partial charge in [-0.15, -0.1) is 11.3 Å². The van der Waals surface area contributed by atoms with Crippen LogP contribution in [0.2, 0.25) is 0 Å². The van der Waals surface area contributed by atoms with Gasteiger partial charge in [0.2, 0.25) is 0 Å². The van der Waals surface area contributed by atoms with Crippen LogP contribution in [0, 0.1) is 0 Å². The van der Waals surface area contributed by atoms with Gasteiger partial charge >= 0.3 is 0 Å². The fourth-order valence-electron chi connectivity index (χ4n) is 4.09. The van der Waals surface area contributed by atoms with Crippen molar-refractivity contribution in [2.45, 2.75) is 13.0 Å². The first-order valence-electron chi connectivity index (χ1n) is 11.0. The van der Waals surface area contributed by atoms with E-state index in [2.05, 4.69) is 24.3 Å².